The average Bonchev–Trinajstić information content (AvgIpc) is 2.68. The molecule has 1 aliphatic rings. The fraction of sp³-hybridized carbons (Fsp3) is 0.381. The average molecular weight is 419 g/mol. The van der Waals surface area contributed by atoms with Crippen LogP contribution < -0.4 is 4.72 Å². The first-order valence-electron chi connectivity index (χ1n) is 9.48. The number of carbonyl (C=O) groups excluding carboxylic acids is 1. The molecule has 2 aromatic carbocycles. The Bertz CT molecular complexity index is 929. The lowest BCUT2D eigenvalue weighted by molar-refractivity contribution is -0.164. The van der Waals surface area contributed by atoms with Gasteiger partial charge in [0.05, 0.1) is 18.4 Å². The molecule has 1 heterocycles. The zero-order valence-electron chi connectivity index (χ0n) is 16.5. The normalized spacial score (nSPS) is 20.1. The van der Waals surface area contributed by atoms with Gasteiger partial charge >= 0.3 is 0 Å². The van der Waals surface area contributed by atoms with Crippen molar-refractivity contribution in [3.63, 3.8) is 0 Å². The largest absolute Gasteiger partial charge is 0.394 e. The van der Waals surface area contributed by atoms with E-state index in [1.165, 1.54) is 0 Å². The number of hydrogen-bond acceptors (Lipinski definition) is 5. The third-order valence-corrected chi connectivity index (χ3v) is 6.10. The molecule has 1 aliphatic heterocycles. The molecule has 0 aromatic heterocycles. The molecule has 3 rings (SSSR count). The molecule has 0 saturated carbocycles. The second-order valence-electron chi connectivity index (χ2n) is 7.35. The predicted octanol–water partition coefficient (Wildman–Crippen LogP) is 2.30. The van der Waals surface area contributed by atoms with Crippen molar-refractivity contribution < 1.29 is 23.1 Å². The van der Waals surface area contributed by atoms with E-state index in [0.29, 0.717) is 11.3 Å². The number of anilines is 1. The van der Waals surface area contributed by atoms with Gasteiger partial charge < -0.3 is 14.7 Å². The van der Waals surface area contributed by atoms with Crippen LogP contribution in [0.4, 0.5) is 5.69 Å². The van der Waals surface area contributed by atoms with E-state index >= 15 is 0 Å². The quantitative estimate of drug-likeness (QED) is 0.719. The number of aliphatic hydroxyl groups excluding tert-OH is 1. The number of amides is 1. The van der Waals surface area contributed by atoms with Crippen LogP contribution in [0.2, 0.25) is 0 Å². The Hall–Kier alpha value is -2.42. The zero-order valence-corrected chi connectivity index (χ0v) is 17.3. The maximum absolute atomic E-state index is 12.4. The van der Waals surface area contributed by atoms with Gasteiger partial charge in [0.2, 0.25) is 15.9 Å². The molecule has 1 saturated heterocycles. The first-order chi connectivity index (χ1) is 13.8. The van der Waals surface area contributed by atoms with Gasteiger partial charge in [-0.15, -0.1) is 0 Å². The first-order valence-corrected chi connectivity index (χ1v) is 11.1. The molecular formula is C21H26N2O5S. The van der Waals surface area contributed by atoms with Crippen molar-refractivity contribution in [2.75, 3.05) is 17.9 Å². The molecule has 7 nitrogen and oxygen atoms in total. The van der Waals surface area contributed by atoms with Gasteiger partial charge in [0.15, 0.2) is 0 Å². The number of hydrogen-bond donors (Lipinski definition) is 2. The summed E-state index contributed by atoms with van der Waals surface area (Å²) in [6, 6.07) is 15.2. The number of morpholine rings is 1. The Morgan fingerprint density at radius 2 is 1.79 bits per heavy atom. The van der Waals surface area contributed by atoms with Crippen LogP contribution in [-0.4, -0.2) is 49.6 Å². The standard InChI is InChI=1S/C21H26N2O5S/c1-15(2)23-19(12-24)21(28-13-20(23)25)17-8-10-18(11-9-17)22-29(26,27)14-16-6-4-3-5-7-16/h3-11,15,19,21-22,24H,12-14H2,1-2H3/t19-,21-/m1/s1. The van der Waals surface area contributed by atoms with Crippen molar-refractivity contribution >= 4 is 21.6 Å². The Labute approximate surface area is 171 Å². The maximum Gasteiger partial charge on any atom is 0.249 e. The summed E-state index contributed by atoms with van der Waals surface area (Å²) in [5.41, 5.74) is 1.92. The summed E-state index contributed by atoms with van der Waals surface area (Å²) in [6.07, 6.45) is -0.477. The van der Waals surface area contributed by atoms with Gasteiger partial charge in [0, 0.05) is 11.7 Å². The number of carbonyl (C=O) groups is 1. The van der Waals surface area contributed by atoms with Gasteiger partial charge in [0.1, 0.15) is 12.7 Å². The highest BCUT2D eigenvalue weighted by molar-refractivity contribution is 7.91. The second-order valence-corrected chi connectivity index (χ2v) is 9.07. The monoisotopic (exact) mass is 418 g/mol. The van der Waals surface area contributed by atoms with E-state index in [2.05, 4.69) is 4.72 Å². The third-order valence-electron chi connectivity index (χ3n) is 4.84. The highest BCUT2D eigenvalue weighted by Gasteiger charge is 2.38. The Balaban J connectivity index is 1.73. The van der Waals surface area contributed by atoms with Crippen molar-refractivity contribution in [3.8, 4) is 0 Å². The van der Waals surface area contributed by atoms with Crippen LogP contribution in [-0.2, 0) is 25.3 Å². The zero-order chi connectivity index (χ0) is 21.0. The van der Waals surface area contributed by atoms with E-state index in [4.69, 9.17) is 4.74 Å². The molecule has 2 N–H and O–H groups in total. The van der Waals surface area contributed by atoms with Crippen molar-refractivity contribution in [2.45, 2.75) is 37.8 Å². The molecule has 1 amide bonds. The van der Waals surface area contributed by atoms with Crippen LogP contribution in [0.5, 0.6) is 0 Å². The molecule has 0 unspecified atom stereocenters. The summed E-state index contributed by atoms with van der Waals surface area (Å²) >= 11 is 0. The molecule has 0 spiro atoms. The molecule has 29 heavy (non-hydrogen) atoms. The number of nitrogens with zero attached hydrogens (tertiary/aromatic N) is 1. The number of rotatable bonds is 7. The van der Waals surface area contributed by atoms with Crippen molar-refractivity contribution in [1.29, 1.82) is 0 Å². The smallest absolute Gasteiger partial charge is 0.249 e. The lowest BCUT2D eigenvalue weighted by Gasteiger charge is -2.42. The summed E-state index contributed by atoms with van der Waals surface area (Å²) in [5.74, 6) is -0.264. The van der Waals surface area contributed by atoms with Crippen LogP contribution in [0.15, 0.2) is 54.6 Å². The molecule has 1 fully saturated rings. The summed E-state index contributed by atoms with van der Waals surface area (Å²) in [5, 5.41) is 9.84. The topological polar surface area (TPSA) is 95.9 Å². The summed E-state index contributed by atoms with van der Waals surface area (Å²) in [4.78, 5) is 13.8. The molecule has 0 bridgehead atoms. The van der Waals surface area contributed by atoms with Crippen LogP contribution in [0.3, 0.4) is 0 Å². The highest BCUT2D eigenvalue weighted by atomic mass is 32.2. The fourth-order valence-electron chi connectivity index (χ4n) is 3.60. The van der Waals surface area contributed by atoms with Crippen molar-refractivity contribution in [1.82, 2.24) is 4.90 Å². The first kappa shape index (κ1) is 21.3. The number of benzene rings is 2. The van der Waals surface area contributed by atoms with Crippen LogP contribution in [0.25, 0.3) is 0 Å². The van der Waals surface area contributed by atoms with E-state index < -0.39 is 22.2 Å². The van der Waals surface area contributed by atoms with E-state index in [1.807, 2.05) is 19.9 Å². The van der Waals surface area contributed by atoms with Crippen molar-refractivity contribution in [2.24, 2.45) is 0 Å². The van der Waals surface area contributed by atoms with Gasteiger partial charge in [-0.05, 0) is 37.1 Å². The second kappa shape index (κ2) is 8.94. The molecule has 0 aliphatic carbocycles. The Kier molecular flexibility index (Phi) is 6.56. The number of sulfonamides is 1. The molecule has 0 radical (unpaired) electrons. The fourth-order valence-corrected chi connectivity index (χ4v) is 4.80. The van der Waals surface area contributed by atoms with Gasteiger partial charge in [-0.1, -0.05) is 42.5 Å². The summed E-state index contributed by atoms with van der Waals surface area (Å²) in [7, 11) is -3.54. The minimum atomic E-state index is -3.54. The lowest BCUT2D eigenvalue weighted by Crippen LogP contribution is -2.55. The van der Waals surface area contributed by atoms with E-state index in [0.717, 1.165) is 5.56 Å². The van der Waals surface area contributed by atoms with Crippen LogP contribution in [0.1, 0.15) is 31.1 Å². The predicted molar refractivity (Wildman–Crippen MR) is 111 cm³/mol. The van der Waals surface area contributed by atoms with Crippen molar-refractivity contribution in [3.05, 3.63) is 65.7 Å². The van der Waals surface area contributed by atoms with E-state index in [9.17, 15) is 18.3 Å². The van der Waals surface area contributed by atoms with E-state index in [-0.39, 0.29) is 30.9 Å². The molecule has 2 aromatic rings. The summed E-state index contributed by atoms with van der Waals surface area (Å²) in [6.45, 7) is 3.52. The highest BCUT2D eigenvalue weighted by Crippen LogP contribution is 2.31. The Morgan fingerprint density at radius 3 is 2.38 bits per heavy atom. The van der Waals surface area contributed by atoms with Gasteiger partial charge in [-0.3, -0.25) is 9.52 Å². The van der Waals surface area contributed by atoms with Crippen LogP contribution in [0, 0.1) is 0 Å². The van der Waals surface area contributed by atoms with Gasteiger partial charge in [0.25, 0.3) is 0 Å². The van der Waals surface area contributed by atoms with Gasteiger partial charge in [-0.2, -0.15) is 0 Å². The minimum absolute atomic E-state index is 0.0508. The minimum Gasteiger partial charge on any atom is -0.394 e. The molecular weight excluding hydrogens is 392 g/mol. The Morgan fingerprint density at radius 1 is 1.14 bits per heavy atom. The lowest BCUT2D eigenvalue weighted by atomic mass is 9.98. The number of ether oxygens (including phenoxy) is 1. The number of nitrogens with one attached hydrogen (secondary N) is 1. The molecule has 156 valence electrons. The molecule has 8 heteroatoms. The third kappa shape index (κ3) is 5.14. The summed E-state index contributed by atoms with van der Waals surface area (Å²) < 4.78 is 33.1. The number of aliphatic hydroxyl groups is 1. The molecule has 2 atom stereocenters. The SMILES string of the molecule is CC(C)N1C(=O)CO[C@H](c2ccc(NS(=O)(=O)Cc3ccccc3)cc2)[C@H]1CO. The van der Waals surface area contributed by atoms with Crippen LogP contribution >= 0.6 is 0 Å². The van der Waals surface area contributed by atoms with Gasteiger partial charge in [-0.25, -0.2) is 8.42 Å². The van der Waals surface area contributed by atoms with E-state index in [1.54, 1.807) is 53.4 Å². The maximum atomic E-state index is 12.4.